The van der Waals surface area contributed by atoms with Crippen LogP contribution in [0.5, 0.6) is 0 Å². The van der Waals surface area contributed by atoms with E-state index >= 15 is 0 Å². The first-order valence-electron chi connectivity index (χ1n) is 9.06. The molecule has 2 aromatic rings. The average Bonchev–Trinajstić information content (AvgIpc) is 2.99. The van der Waals surface area contributed by atoms with E-state index in [0.717, 1.165) is 21.5 Å². The van der Waals surface area contributed by atoms with Gasteiger partial charge in [0.25, 0.3) is 0 Å². The van der Waals surface area contributed by atoms with Gasteiger partial charge in [0.05, 0.1) is 5.69 Å². The van der Waals surface area contributed by atoms with Crippen molar-refractivity contribution in [3.8, 4) is 0 Å². The Kier molecular flexibility index (Phi) is 6.26. The summed E-state index contributed by atoms with van der Waals surface area (Å²) in [5.41, 5.74) is 1.86. The van der Waals surface area contributed by atoms with Gasteiger partial charge in [-0.25, -0.2) is 4.98 Å². The second-order valence-corrected chi connectivity index (χ2v) is 7.72. The van der Waals surface area contributed by atoms with Gasteiger partial charge in [-0.2, -0.15) is 0 Å². The molecule has 1 aliphatic heterocycles. The van der Waals surface area contributed by atoms with Crippen LogP contribution in [0, 0.1) is 19.8 Å². The van der Waals surface area contributed by atoms with E-state index in [4.69, 9.17) is 4.52 Å². The highest BCUT2D eigenvalue weighted by atomic mass is 79.9. The summed E-state index contributed by atoms with van der Waals surface area (Å²) in [5.74, 6) is 1.30. The minimum absolute atomic E-state index is 0.0346. The molecule has 0 spiro atoms. The number of hydrogen-bond donors (Lipinski definition) is 1. The number of piperidine rings is 1. The van der Waals surface area contributed by atoms with Gasteiger partial charge < -0.3 is 14.7 Å². The highest BCUT2D eigenvalue weighted by Gasteiger charge is 2.27. The molecule has 0 atom stereocenters. The maximum atomic E-state index is 12.5. The fourth-order valence-corrected chi connectivity index (χ4v) is 3.55. The predicted octanol–water partition coefficient (Wildman–Crippen LogP) is 3.26. The summed E-state index contributed by atoms with van der Waals surface area (Å²) in [4.78, 5) is 30.9. The van der Waals surface area contributed by atoms with Gasteiger partial charge in [-0.3, -0.25) is 9.59 Å². The molecule has 0 aliphatic carbocycles. The monoisotopic (exact) mass is 434 g/mol. The number of amides is 2. The first-order chi connectivity index (χ1) is 12.9. The van der Waals surface area contributed by atoms with E-state index in [9.17, 15) is 9.59 Å². The van der Waals surface area contributed by atoms with Gasteiger partial charge >= 0.3 is 0 Å². The molecule has 0 aromatic carbocycles. The minimum Gasteiger partial charge on any atom is -0.361 e. The Bertz CT molecular complexity index is 791. The maximum Gasteiger partial charge on any atom is 0.228 e. The Morgan fingerprint density at radius 3 is 2.63 bits per heavy atom. The fourth-order valence-electron chi connectivity index (χ4n) is 3.32. The molecule has 144 valence electrons. The number of aryl methyl sites for hydroxylation is 2. The van der Waals surface area contributed by atoms with Crippen LogP contribution in [-0.4, -0.2) is 39.9 Å². The topological polar surface area (TPSA) is 88.3 Å². The van der Waals surface area contributed by atoms with Gasteiger partial charge in [0, 0.05) is 41.7 Å². The highest BCUT2D eigenvalue weighted by molar-refractivity contribution is 9.10. The third kappa shape index (κ3) is 4.94. The van der Waals surface area contributed by atoms with Crippen molar-refractivity contribution in [1.82, 2.24) is 15.0 Å². The standard InChI is InChI=1S/C19H23BrN4O3/c1-12-16(13(2)27-23-12)4-6-18(25)24-9-7-14(8-10-24)19(26)22-17-5-3-15(20)11-21-17/h3,5,11,14H,4,6-10H2,1-2H3,(H,21,22,26). The normalized spacial score (nSPS) is 15.0. The van der Waals surface area contributed by atoms with Crippen LogP contribution in [0.1, 0.15) is 36.3 Å². The van der Waals surface area contributed by atoms with Gasteiger partial charge in [-0.05, 0) is 61.2 Å². The molecule has 7 nitrogen and oxygen atoms in total. The zero-order chi connectivity index (χ0) is 19.4. The number of nitrogens with zero attached hydrogens (tertiary/aromatic N) is 3. The number of pyridine rings is 1. The number of likely N-dealkylation sites (tertiary alicyclic amines) is 1. The summed E-state index contributed by atoms with van der Waals surface area (Å²) in [7, 11) is 0. The Morgan fingerprint density at radius 1 is 1.30 bits per heavy atom. The third-order valence-corrected chi connectivity index (χ3v) is 5.44. The van der Waals surface area contributed by atoms with Gasteiger partial charge in [-0.15, -0.1) is 0 Å². The van der Waals surface area contributed by atoms with Crippen LogP contribution in [0.4, 0.5) is 5.82 Å². The summed E-state index contributed by atoms with van der Waals surface area (Å²) in [6.07, 6.45) is 4.05. The quantitative estimate of drug-likeness (QED) is 0.779. The Labute approximate surface area is 166 Å². The summed E-state index contributed by atoms with van der Waals surface area (Å²) in [6, 6.07) is 3.60. The number of carbonyl (C=O) groups excluding carboxylic acids is 2. The van der Waals surface area contributed by atoms with Gasteiger partial charge in [0.2, 0.25) is 11.8 Å². The molecule has 1 fully saturated rings. The van der Waals surface area contributed by atoms with Crippen LogP contribution < -0.4 is 5.32 Å². The lowest BCUT2D eigenvalue weighted by Crippen LogP contribution is -2.41. The molecule has 0 saturated carbocycles. The molecule has 2 aromatic heterocycles. The van der Waals surface area contributed by atoms with Crippen LogP contribution >= 0.6 is 15.9 Å². The van der Waals surface area contributed by atoms with E-state index in [1.807, 2.05) is 24.8 Å². The largest absolute Gasteiger partial charge is 0.361 e. The fraction of sp³-hybridized carbons (Fsp3) is 0.474. The van der Waals surface area contributed by atoms with Crippen molar-refractivity contribution in [3.05, 3.63) is 39.8 Å². The maximum absolute atomic E-state index is 12.5. The van der Waals surface area contributed by atoms with E-state index < -0.39 is 0 Å². The summed E-state index contributed by atoms with van der Waals surface area (Å²) in [5, 5.41) is 6.77. The lowest BCUT2D eigenvalue weighted by Gasteiger charge is -2.31. The van der Waals surface area contributed by atoms with Gasteiger partial charge in [-0.1, -0.05) is 5.16 Å². The van der Waals surface area contributed by atoms with E-state index in [0.29, 0.717) is 44.6 Å². The van der Waals surface area contributed by atoms with Crippen LogP contribution in [0.3, 0.4) is 0 Å². The van der Waals surface area contributed by atoms with E-state index in [1.165, 1.54) is 0 Å². The van der Waals surface area contributed by atoms with E-state index in [-0.39, 0.29) is 17.7 Å². The molecule has 0 radical (unpaired) electrons. The van der Waals surface area contributed by atoms with Gasteiger partial charge in [0.1, 0.15) is 11.6 Å². The summed E-state index contributed by atoms with van der Waals surface area (Å²) in [6.45, 7) is 4.96. The number of nitrogens with one attached hydrogen (secondary N) is 1. The number of hydrogen-bond acceptors (Lipinski definition) is 5. The van der Waals surface area contributed by atoms with Crippen molar-refractivity contribution in [2.24, 2.45) is 5.92 Å². The van der Waals surface area contributed by atoms with Crippen LogP contribution in [0.2, 0.25) is 0 Å². The van der Waals surface area contributed by atoms with Crippen LogP contribution in [-0.2, 0) is 16.0 Å². The first-order valence-corrected chi connectivity index (χ1v) is 9.85. The molecule has 3 rings (SSSR count). The van der Waals surface area contributed by atoms with E-state index in [1.54, 1.807) is 12.3 Å². The molecule has 2 amide bonds. The molecule has 1 N–H and O–H groups in total. The number of rotatable bonds is 5. The van der Waals surface area contributed by atoms with Crippen molar-refractivity contribution in [2.45, 2.75) is 39.5 Å². The average molecular weight is 435 g/mol. The number of aromatic nitrogens is 2. The number of halogens is 1. The molecule has 1 saturated heterocycles. The smallest absolute Gasteiger partial charge is 0.228 e. The second-order valence-electron chi connectivity index (χ2n) is 6.81. The number of carbonyl (C=O) groups is 2. The Balaban J connectivity index is 1.45. The molecule has 0 unspecified atom stereocenters. The zero-order valence-electron chi connectivity index (χ0n) is 15.5. The molecular weight excluding hydrogens is 412 g/mol. The molecule has 8 heteroatoms. The lowest BCUT2D eigenvalue weighted by molar-refractivity contribution is -0.134. The zero-order valence-corrected chi connectivity index (χ0v) is 17.1. The molecule has 0 bridgehead atoms. The third-order valence-electron chi connectivity index (χ3n) is 4.97. The van der Waals surface area contributed by atoms with Crippen molar-refractivity contribution in [2.75, 3.05) is 18.4 Å². The minimum atomic E-state index is -0.0953. The van der Waals surface area contributed by atoms with Crippen molar-refractivity contribution in [3.63, 3.8) is 0 Å². The van der Waals surface area contributed by atoms with Crippen molar-refractivity contribution in [1.29, 1.82) is 0 Å². The van der Waals surface area contributed by atoms with E-state index in [2.05, 4.69) is 31.4 Å². The molecule has 1 aliphatic rings. The number of anilines is 1. The SMILES string of the molecule is Cc1noc(C)c1CCC(=O)N1CCC(C(=O)Nc2ccc(Br)cn2)CC1. The Hall–Kier alpha value is -2.22. The van der Waals surface area contributed by atoms with Gasteiger partial charge in [0.15, 0.2) is 0 Å². The first kappa shape index (κ1) is 19.5. The predicted molar refractivity (Wildman–Crippen MR) is 104 cm³/mol. The van der Waals surface area contributed by atoms with Crippen LogP contribution in [0.15, 0.2) is 27.3 Å². The van der Waals surface area contributed by atoms with Crippen molar-refractivity contribution < 1.29 is 14.1 Å². The molecule has 27 heavy (non-hydrogen) atoms. The van der Waals surface area contributed by atoms with Crippen LogP contribution in [0.25, 0.3) is 0 Å². The summed E-state index contributed by atoms with van der Waals surface area (Å²) < 4.78 is 6.01. The lowest BCUT2D eigenvalue weighted by atomic mass is 9.95. The summed E-state index contributed by atoms with van der Waals surface area (Å²) >= 11 is 3.32. The molecule has 3 heterocycles. The van der Waals surface area contributed by atoms with Crippen molar-refractivity contribution >= 4 is 33.6 Å². The Morgan fingerprint density at radius 2 is 2.04 bits per heavy atom. The highest BCUT2D eigenvalue weighted by Crippen LogP contribution is 2.21. The second kappa shape index (κ2) is 8.65. The molecular formula is C19H23BrN4O3.